The zero-order chi connectivity index (χ0) is 14.1. The Balaban J connectivity index is 4.02. The van der Waals surface area contributed by atoms with Crippen molar-refractivity contribution in [2.45, 2.75) is 89.9 Å². The smallest absolute Gasteiger partial charge is 0.200 e. The average molecular weight is 270 g/mol. The van der Waals surface area contributed by atoms with E-state index in [0.29, 0.717) is 12.8 Å². The fourth-order valence-electron chi connectivity index (χ4n) is 1.91. The lowest BCUT2D eigenvalue weighted by molar-refractivity contribution is -0.216. The van der Waals surface area contributed by atoms with Gasteiger partial charge in [0.1, 0.15) is 0 Å². The fraction of sp³-hybridized carbons (Fsp3) is 1.00. The van der Waals surface area contributed by atoms with Crippen LogP contribution in [0.4, 0.5) is 17.6 Å². The molecule has 0 amide bonds. The zero-order valence-corrected chi connectivity index (χ0v) is 11.6. The Labute approximate surface area is 108 Å². The van der Waals surface area contributed by atoms with E-state index in [4.69, 9.17) is 0 Å². The molecular weight excluding hydrogens is 244 g/mol. The lowest BCUT2D eigenvalue weighted by atomic mass is 9.98. The maximum absolute atomic E-state index is 13.4. The van der Waals surface area contributed by atoms with E-state index >= 15 is 0 Å². The maximum atomic E-state index is 13.4. The van der Waals surface area contributed by atoms with Gasteiger partial charge in [-0.3, -0.25) is 0 Å². The zero-order valence-electron chi connectivity index (χ0n) is 11.6. The van der Waals surface area contributed by atoms with Gasteiger partial charge in [0.2, 0.25) is 0 Å². The Bertz CT molecular complexity index is 180. The fourth-order valence-corrected chi connectivity index (χ4v) is 1.91. The van der Waals surface area contributed by atoms with Crippen molar-refractivity contribution in [3.05, 3.63) is 0 Å². The minimum Gasteiger partial charge on any atom is -0.200 e. The van der Waals surface area contributed by atoms with Crippen molar-refractivity contribution >= 4 is 0 Å². The van der Waals surface area contributed by atoms with Gasteiger partial charge in [0.15, 0.2) is 0 Å². The molecule has 0 fully saturated rings. The van der Waals surface area contributed by atoms with Crippen LogP contribution in [0.25, 0.3) is 0 Å². The van der Waals surface area contributed by atoms with Gasteiger partial charge in [-0.1, -0.05) is 52.4 Å². The highest BCUT2D eigenvalue weighted by molar-refractivity contribution is 4.84. The summed E-state index contributed by atoms with van der Waals surface area (Å²) in [7, 11) is 0. The van der Waals surface area contributed by atoms with Crippen molar-refractivity contribution in [3.63, 3.8) is 0 Å². The molecule has 0 aromatic carbocycles. The van der Waals surface area contributed by atoms with Crippen LogP contribution in [0.5, 0.6) is 0 Å². The maximum Gasteiger partial charge on any atom is 0.310 e. The first-order valence-corrected chi connectivity index (χ1v) is 7.13. The van der Waals surface area contributed by atoms with Crippen LogP contribution in [0.1, 0.15) is 78.1 Å². The molecule has 0 saturated carbocycles. The lowest BCUT2D eigenvalue weighted by Gasteiger charge is -2.26. The summed E-state index contributed by atoms with van der Waals surface area (Å²) in [6, 6.07) is 0. The monoisotopic (exact) mass is 270 g/mol. The van der Waals surface area contributed by atoms with Crippen LogP contribution >= 0.6 is 0 Å². The quantitative estimate of drug-likeness (QED) is 0.310. The van der Waals surface area contributed by atoms with Crippen molar-refractivity contribution in [2.24, 2.45) is 0 Å². The Hall–Kier alpha value is -0.280. The largest absolute Gasteiger partial charge is 0.310 e. The summed E-state index contributed by atoms with van der Waals surface area (Å²) in [4.78, 5) is 0. The van der Waals surface area contributed by atoms with E-state index in [-0.39, 0.29) is 12.8 Å². The molecule has 0 unspecified atom stereocenters. The van der Waals surface area contributed by atoms with E-state index in [1.165, 1.54) is 0 Å². The number of hydrogen-bond acceptors (Lipinski definition) is 0. The Morgan fingerprint density at radius 3 is 1.17 bits per heavy atom. The molecule has 4 heteroatoms. The van der Waals surface area contributed by atoms with Gasteiger partial charge in [0, 0.05) is 12.8 Å². The summed E-state index contributed by atoms with van der Waals surface area (Å²) in [6.07, 6.45) is 3.71. The Morgan fingerprint density at radius 2 is 0.889 bits per heavy atom. The second-order valence-electron chi connectivity index (χ2n) is 5.03. The highest BCUT2D eigenvalue weighted by Gasteiger charge is 2.54. The van der Waals surface area contributed by atoms with E-state index in [1.807, 2.05) is 13.8 Å². The summed E-state index contributed by atoms with van der Waals surface area (Å²) < 4.78 is 53.6. The highest BCUT2D eigenvalue weighted by Crippen LogP contribution is 2.41. The average Bonchev–Trinajstić information content (AvgIpc) is 2.30. The van der Waals surface area contributed by atoms with Crippen LogP contribution in [-0.4, -0.2) is 11.8 Å². The summed E-state index contributed by atoms with van der Waals surface area (Å²) >= 11 is 0. The third-order valence-corrected chi connectivity index (χ3v) is 3.22. The number of hydrogen-bond donors (Lipinski definition) is 0. The van der Waals surface area contributed by atoms with E-state index in [2.05, 4.69) is 0 Å². The van der Waals surface area contributed by atoms with Crippen LogP contribution in [0, 0.1) is 0 Å². The van der Waals surface area contributed by atoms with Gasteiger partial charge in [-0.15, -0.1) is 0 Å². The molecule has 0 saturated heterocycles. The van der Waals surface area contributed by atoms with Crippen LogP contribution in [-0.2, 0) is 0 Å². The molecule has 0 aliphatic rings. The molecular formula is C14H26F4. The molecule has 0 aromatic heterocycles. The van der Waals surface area contributed by atoms with E-state index in [1.54, 1.807) is 0 Å². The molecule has 0 N–H and O–H groups in total. The molecule has 0 nitrogen and oxygen atoms in total. The molecule has 110 valence electrons. The second-order valence-corrected chi connectivity index (χ2v) is 5.03. The highest BCUT2D eigenvalue weighted by atomic mass is 19.3. The van der Waals surface area contributed by atoms with Gasteiger partial charge in [-0.25, -0.2) is 0 Å². The third kappa shape index (κ3) is 6.60. The minimum absolute atomic E-state index is 0.186. The van der Waals surface area contributed by atoms with Crippen molar-refractivity contribution in [3.8, 4) is 0 Å². The molecule has 0 spiro atoms. The van der Waals surface area contributed by atoms with E-state index in [0.717, 1.165) is 25.7 Å². The number of alkyl halides is 4. The van der Waals surface area contributed by atoms with Crippen LogP contribution in [0.3, 0.4) is 0 Å². The molecule has 0 atom stereocenters. The lowest BCUT2D eigenvalue weighted by Crippen LogP contribution is -2.40. The normalized spacial score (nSPS) is 13.0. The van der Waals surface area contributed by atoms with Crippen molar-refractivity contribution in [1.82, 2.24) is 0 Å². The molecule has 0 rings (SSSR count). The topological polar surface area (TPSA) is 0 Å². The second kappa shape index (κ2) is 8.76. The molecule has 18 heavy (non-hydrogen) atoms. The van der Waals surface area contributed by atoms with E-state index < -0.39 is 24.7 Å². The van der Waals surface area contributed by atoms with Crippen LogP contribution in [0.15, 0.2) is 0 Å². The third-order valence-electron chi connectivity index (χ3n) is 3.22. The summed E-state index contributed by atoms with van der Waals surface area (Å²) in [5.41, 5.74) is 0. The Kier molecular flexibility index (Phi) is 8.62. The first-order chi connectivity index (χ1) is 8.37. The molecule has 0 aliphatic heterocycles. The molecule has 0 aliphatic carbocycles. The summed E-state index contributed by atoms with van der Waals surface area (Å²) in [6.45, 7) is 3.92. The van der Waals surface area contributed by atoms with Gasteiger partial charge in [-0.2, -0.15) is 17.6 Å². The predicted molar refractivity (Wildman–Crippen MR) is 67.4 cm³/mol. The molecule has 0 heterocycles. The van der Waals surface area contributed by atoms with Crippen molar-refractivity contribution < 1.29 is 17.6 Å². The summed E-state index contributed by atoms with van der Waals surface area (Å²) in [5.74, 6) is -7.68. The first kappa shape index (κ1) is 17.7. The minimum atomic E-state index is -3.84. The number of rotatable bonds is 11. The van der Waals surface area contributed by atoms with Crippen molar-refractivity contribution in [2.75, 3.05) is 0 Å². The molecule has 0 aromatic rings. The van der Waals surface area contributed by atoms with E-state index in [9.17, 15) is 17.6 Å². The summed E-state index contributed by atoms with van der Waals surface area (Å²) in [5, 5.41) is 0. The van der Waals surface area contributed by atoms with Gasteiger partial charge >= 0.3 is 11.8 Å². The van der Waals surface area contributed by atoms with Gasteiger partial charge in [-0.05, 0) is 12.8 Å². The van der Waals surface area contributed by atoms with Gasteiger partial charge in [0.25, 0.3) is 0 Å². The standard InChI is InChI=1S/C14H26F4/c1-3-5-7-9-11-13(15,16)14(17,18)12-10-8-6-4-2/h3-12H2,1-2H3. The molecule has 0 radical (unpaired) electrons. The Morgan fingerprint density at radius 1 is 0.556 bits per heavy atom. The molecule has 0 bridgehead atoms. The number of unbranched alkanes of at least 4 members (excludes halogenated alkanes) is 6. The first-order valence-electron chi connectivity index (χ1n) is 7.13. The van der Waals surface area contributed by atoms with Crippen LogP contribution < -0.4 is 0 Å². The predicted octanol–water partition coefficient (Wildman–Crippen LogP) is 6.20. The number of halogens is 4. The van der Waals surface area contributed by atoms with Gasteiger partial charge in [0.05, 0.1) is 0 Å². The van der Waals surface area contributed by atoms with Crippen molar-refractivity contribution in [1.29, 1.82) is 0 Å². The van der Waals surface area contributed by atoms with Crippen LogP contribution in [0.2, 0.25) is 0 Å². The SMILES string of the molecule is CCCCCCC(F)(F)C(F)(F)CCCCCC. The van der Waals surface area contributed by atoms with Gasteiger partial charge < -0.3 is 0 Å².